The first-order chi connectivity index (χ1) is 8.23. The van der Waals surface area contributed by atoms with Gasteiger partial charge in [-0.3, -0.25) is 0 Å². The van der Waals surface area contributed by atoms with Crippen LogP contribution in [0.3, 0.4) is 0 Å². The summed E-state index contributed by atoms with van der Waals surface area (Å²) in [4.78, 5) is 23.2. The standard InChI is InChI=1S/C13H26N2O3/c1-6-9-12(4,5)14-11(18)15-13(7-2,8-3)10(16)17/h6-9H2,1-5H3,(H,16,17)(H2,14,15,18). The lowest BCUT2D eigenvalue weighted by atomic mass is 9.93. The molecular weight excluding hydrogens is 232 g/mol. The number of carbonyl (C=O) groups is 2. The third-order valence-corrected chi connectivity index (χ3v) is 3.30. The van der Waals surface area contributed by atoms with Gasteiger partial charge >= 0.3 is 12.0 Å². The highest BCUT2D eigenvalue weighted by Gasteiger charge is 2.37. The van der Waals surface area contributed by atoms with Gasteiger partial charge in [0, 0.05) is 5.54 Å². The van der Waals surface area contributed by atoms with Gasteiger partial charge < -0.3 is 15.7 Å². The molecule has 0 heterocycles. The summed E-state index contributed by atoms with van der Waals surface area (Å²) in [6.07, 6.45) is 2.53. The molecule has 0 unspecified atom stereocenters. The first kappa shape index (κ1) is 16.7. The number of carboxylic acid groups (broad SMARTS) is 1. The average molecular weight is 258 g/mol. The number of carboxylic acids is 1. The lowest BCUT2D eigenvalue weighted by Gasteiger charge is -2.32. The molecule has 0 spiro atoms. The molecule has 0 aliphatic carbocycles. The third-order valence-electron chi connectivity index (χ3n) is 3.30. The van der Waals surface area contributed by atoms with Crippen molar-refractivity contribution in [2.24, 2.45) is 0 Å². The molecule has 0 aromatic rings. The minimum atomic E-state index is -1.17. The molecule has 0 radical (unpaired) electrons. The number of aliphatic carboxylic acids is 1. The van der Waals surface area contributed by atoms with Gasteiger partial charge in [-0.25, -0.2) is 9.59 Å². The zero-order chi connectivity index (χ0) is 14.4. The number of hydrogen-bond acceptors (Lipinski definition) is 2. The van der Waals surface area contributed by atoms with Gasteiger partial charge in [-0.2, -0.15) is 0 Å². The van der Waals surface area contributed by atoms with Gasteiger partial charge in [-0.1, -0.05) is 27.2 Å². The summed E-state index contributed by atoms with van der Waals surface area (Å²) < 4.78 is 0. The minimum absolute atomic E-state index is 0.329. The average Bonchev–Trinajstić information content (AvgIpc) is 2.24. The van der Waals surface area contributed by atoms with Crippen LogP contribution in [0.1, 0.15) is 60.3 Å². The second-order valence-corrected chi connectivity index (χ2v) is 5.31. The van der Waals surface area contributed by atoms with E-state index < -0.39 is 17.5 Å². The fourth-order valence-corrected chi connectivity index (χ4v) is 2.03. The summed E-state index contributed by atoms with van der Waals surface area (Å²) in [7, 11) is 0. The number of carbonyl (C=O) groups excluding carboxylic acids is 1. The van der Waals surface area contributed by atoms with Crippen molar-refractivity contribution in [3.8, 4) is 0 Å². The number of urea groups is 1. The molecule has 0 bridgehead atoms. The molecule has 0 aliphatic rings. The maximum atomic E-state index is 11.9. The normalized spacial score (nSPS) is 12.1. The van der Waals surface area contributed by atoms with Crippen molar-refractivity contribution in [2.75, 3.05) is 0 Å². The highest BCUT2D eigenvalue weighted by molar-refractivity contribution is 5.86. The van der Waals surface area contributed by atoms with Crippen molar-refractivity contribution in [1.82, 2.24) is 10.6 Å². The quantitative estimate of drug-likeness (QED) is 0.656. The Kier molecular flexibility index (Phi) is 6.15. The van der Waals surface area contributed by atoms with E-state index in [9.17, 15) is 14.7 Å². The predicted molar refractivity (Wildman–Crippen MR) is 71.6 cm³/mol. The van der Waals surface area contributed by atoms with Crippen LogP contribution < -0.4 is 10.6 Å². The smallest absolute Gasteiger partial charge is 0.329 e. The molecule has 0 aromatic carbocycles. The molecule has 5 heteroatoms. The molecule has 0 aliphatic heterocycles. The number of nitrogens with one attached hydrogen (secondary N) is 2. The van der Waals surface area contributed by atoms with Crippen molar-refractivity contribution in [3.63, 3.8) is 0 Å². The maximum absolute atomic E-state index is 11.9. The highest BCUT2D eigenvalue weighted by atomic mass is 16.4. The van der Waals surface area contributed by atoms with E-state index in [1.165, 1.54) is 0 Å². The maximum Gasteiger partial charge on any atom is 0.329 e. The van der Waals surface area contributed by atoms with Crippen molar-refractivity contribution < 1.29 is 14.7 Å². The summed E-state index contributed by atoms with van der Waals surface area (Å²) in [6, 6.07) is -0.417. The van der Waals surface area contributed by atoms with E-state index in [1.54, 1.807) is 13.8 Å². The Morgan fingerprint density at radius 3 is 1.89 bits per heavy atom. The summed E-state index contributed by atoms with van der Waals surface area (Å²) >= 11 is 0. The summed E-state index contributed by atoms with van der Waals surface area (Å²) in [5.41, 5.74) is -1.50. The molecule has 0 aromatic heterocycles. The molecule has 18 heavy (non-hydrogen) atoms. The summed E-state index contributed by atoms with van der Waals surface area (Å²) in [5, 5.41) is 14.6. The zero-order valence-electron chi connectivity index (χ0n) is 12.1. The van der Waals surface area contributed by atoms with Gasteiger partial charge in [-0.15, -0.1) is 0 Å². The Morgan fingerprint density at radius 1 is 1.06 bits per heavy atom. The van der Waals surface area contributed by atoms with Crippen molar-refractivity contribution >= 4 is 12.0 Å². The Bertz CT molecular complexity index is 297. The molecule has 5 nitrogen and oxygen atoms in total. The summed E-state index contributed by atoms with van der Waals surface area (Å²) in [5.74, 6) is -0.990. The van der Waals surface area contributed by atoms with Crippen molar-refractivity contribution in [2.45, 2.75) is 71.4 Å². The fourth-order valence-electron chi connectivity index (χ4n) is 2.03. The molecular formula is C13H26N2O3. The SMILES string of the molecule is CCCC(C)(C)NC(=O)NC(CC)(CC)C(=O)O. The Hall–Kier alpha value is -1.26. The van der Waals surface area contributed by atoms with E-state index >= 15 is 0 Å². The van der Waals surface area contributed by atoms with E-state index in [4.69, 9.17) is 0 Å². The lowest BCUT2D eigenvalue weighted by molar-refractivity contribution is -0.144. The van der Waals surface area contributed by atoms with Crippen LogP contribution in [0.15, 0.2) is 0 Å². The minimum Gasteiger partial charge on any atom is -0.480 e. The Morgan fingerprint density at radius 2 is 1.56 bits per heavy atom. The summed E-state index contributed by atoms with van der Waals surface area (Å²) in [6.45, 7) is 9.41. The predicted octanol–water partition coefficient (Wildman–Crippen LogP) is 2.51. The van der Waals surface area contributed by atoms with Gasteiger partial charge in [0.1, 0.15) is 5.54 Å². The topological polar surface area (TPSA) is 78.4 Å². The van der Waals surface area contributed by atoms with E-state index in [0.29, 0.717) is 12.8 Å². The van der Waals surface area contributed by atoms with Gasteiger partial charge in [0.2, 0.25) is 0 Å². The fraction of sp³-hybridized carbons (Fsp3) is 0.846. The number of rotatable bonds is 7. The van der Waals surface area contributed by atoms with Gasteiger partial charge in [0.05, 0.1) is 0 Å². The van der Waals surface area contributed by atoms with Gasteiger partial charge in [-0.05, 0) is 33.1 Å². The van der Waals surface area contributed by atoms with Crippen LogP contribution in [-0.2, 0) is 4.79 Å². The molecule has 0 fully saturated rings. The Labute approximate surface area is 109 Å². The zero-order valence-corrected chi connectivity index (χ0v) is 12.1. The third kappa shape index (κ3) is 4.55. The van der Waals surface area contributed by atoms with Gasteiger partial charge in [0.15, 0.2) is 0 Å². The van der Waals surface area contributed by atoms with Crippen molar-refractivity contribution in [3.05, 3.63) is 0 Å². The van der Waals surface area contributed by atoms with Crippen LogP contribution in [0.25, 0.3) is 0 Å². The number of hydrogen-bond donors (Lipinski definition) is 3. The van der Waals surface area contributed by atoms with Crippen LogP contribution in [-0.4, -0.2) is 28.2 Å². The van der Waals surface area contributed by atoms with Gasteiger partial charge in [0.25, 0.3) is 0 Å². The van der Waals surface area contributed by atoms with Crippen LogP contribution in [0.5, 0.6) is 0 Å². The van der Waals surface area contributed by atoms with Crippen LogP contribution in [0.4, 0.5) is 4.79 Å². The molecule has 0 saturated heterocycles. The molecule has 106 valence electrons. The second kappa shape index (κ2) is 6.61. The molecule has 0 saturated carbocycles. The highest BCUT2D eigenvalue weighted by Crippen LogP contribution is 2.16. The largest absolute Gasteiger partial charge is 0.480 e. The number of amides is 2. The Balaban J connectivity index is 4.68. The first-order valence-electron chi connectivity index (χ1n) is 6.56. The molecule has 2 amide bonds. The van der Waals surface area contributed by atoms with E-state index in [1.807, 2.05) is 20.8 Å². The first-order valence-corrected chi connectivity index (χ1v) is 6.56. The van der Waals surface area contributed by atoms with E-state index in [2.05, 4.69) is 10.6 Å². The monoisotopic (exact) mass is 258 g/mol. The molecule has 0 rings (SSSR count). The van der Waals surface area contributed by atoms with Crippen molar-refractivity contribution in [1.29, 1.82) is 0 Å². The van der Waals surface area contributed by atoms with Crippen LogP contribution >= 0.6 is 0 Å². The van der Waals surface area contributed by atoms with Crippen LogP contribution in [0.2, 0.25) is 0 Å². The van der Waals surface area contributed by atoms with Crippen LogP contribution in [0, 0.1) is 0 Å². The molecule has 0 atom stereocenters. The molecule has 3 N–H and O–H groups in total. The second-order valence-electron chi connectivity index (χ2n) is 5.31. The lowest BCUT2D eigenvalue weighted by Crippen LogP contribution is -2.59. The van der Waals surface area contributed by atoms with E-state index in [-0.39, 0.29) is 5.54 Å². The van der Waals surface area contributed by atoms with E-state index in [0.717, 1.165) is 12.8 Å².